The Balaban J connectivity index is 1.49. The molecule has 1 fully saturated rings. The first kappa shape index (κ1) is 20.8. The minimum atomic E-state index is -0.997. The molecule has 0 bridgehead atoms. The number of imide groups is 1. The molecule has 3 amide bonds. The molecule has 0 aromatic heterocycles. The molecule has 0 saturated carbocycles. The highest BCUT2D eigenvalue weighted by molar-refractivity contribution is 6.33. The summed E-state index contributed by atoms with van der Waals surface area (Å²) in [5.41, 5.74) is 3.11. The van der Waals surface area contributed by atoms with Gasteiger partial charge in [0.2, 0.25) is 5.91 Å². The standard InChI is InChI=1S/C21H20ClN5O4/c1-11-4-5-13(8-12(11)2)23-17(28)10-26-19-18(24-25-26)20(29)27(21(19)30)14-6-7-16(31-3)15(22)9-14/h4-9,18-19H,10H2,1-3H3,(H,23,28)/t18-,19-/m0/s1. The van der Waals surface area contributed by atoms with Gasteiger partial charge in [-0.25, -0.2) is 4.90 Å². The zero-order chi connectivity index (χ0) is 22.3. The van der Waals surface area contributed by atoms with Gasteiger partial charge in [-0.05, 0) is 55.3 Å². The van der Waals surface area contributed by atoms with E-state index < -0.39 is 23.9 Å². The maximum atomic E-state index is 13.0. The molecule has 0 aliphatic carbocycles. The van der Waals surface area contributed by atoms with Crippen LogP contribution in [0.4, 0.5) is 11.4 Å². The number of nitrogens with one attached hydrogen (secondary N) is 1. The summed E-state index contributed by atoms with van der Waals surface area (Å²) in [6, 6.07) is 8.22. The van der Waals surface area contributed by atoms with E-state index in [1.807, 2.05) is 26.0 Å². The Labute approximate surface area is 183 Å². The normalized spacial score (nSPS) is 19.7. The lowest BCUT2D eigenvalue weighted by atomic mass is 10.1. The third kappa shape index (κ3) is 3.72. The number of carbonyl (C=O) groups excluding carboxylic acids is 3. The van der Waals surface area contributed by atoms with Crippen LogP contribution in [-0.4, -0.2) is 48.5 Å². The van der Waals surface area contributed by atoms with Crippen LogP contribution in [0.5, 0.6) is 5.75 Å². The smallest absolute Gasteiger partial charge is 0.263 e. The van der Waals surface area contributed by atoms with Crippen molar-refractivity contribution in [3.05, 3.63) is 52.5 Å². The number of amides is 3. The van der Waals surface area contributed by atoms with Crippen LogP contribution in [0, 0.1) is 13.8 Å². The van der Waals surface area contributed by atoms with Crippen LogP contribution >= 0.6 is 11.6 Å². The van der Waals surface area contributed by atoms with Crippen LogP contribution in [0.3, 0.4) is 0 Å². The number of ether oxygens (including phenoxy) is 1. The fourth-order valence-electron chi connectivity index (χ4n) is 3.57. The van der Waals surface area contributed by atoms with Gasteiger partial charge < -0.3 is 10.1 Å². The summed E-state index contributed by atoms with van der Waals surface area (Å²) in [6.45, 7) is 3.72. The van der Waals surface area contributed by atoms with Crippen LogP contribution in [0.25, 0.3) is 0 Å². The van der Waals surface area contributed by atoms with Gasteiger partial charge in [-0.15, -0.1) is 0 Å². The molecule has 2 aromatic rings. The molecule has 0 unspecified atom stereocenters. The monoisotopic (exact) mass is 441 g/mol. The van der Waals surface area contributed by atoms with E-state index in [1.165, 1.54) is 18.2 Å². The van der Waals surface area contributed by atoms with Gasteiger partial charge >= 0.3 is 0 Å². The van der Waals surface area contributed by atoms with Gasteiger partial charge in [0.05, 0.1) is 17.8 Å². The SMILES string of the molecule is COc1ccc(N2C(=O)[C@H]3N=NN(CC(=O)Nc4ccc(C)c(C)c4)[C@@H]3C2=O)cc1Cl. The van der Waals surface area contributed by atoms with Crippen LogP contribution in [0.2, 0.25) is 5.02 Å². The summed E-state index contributed by atoms with van der Waals surface area (Å²) in [4.78, 5) is 39.4. The Morgan fingerprint density at radius 2 is 1.90 bits per heavy atom. The molecule has 4 rings (SSSR count). The number of hydrogen-bond acceptors (Lipinski definition) is 7. The van der Waals surface area contributed by atoms with Crippen LogP contribution < -0.4 is 15.0 Å². The van der Waals surface area contributed by atoms with Gasteiger partial charge in [0.15, 0.2) is 12.1 Å². The zero-order valence-electron chi connectivity index (χ0n) is 17.1. The Morgan fingerprint density at radius 3 is 2.58 bits per heavy atom. The largest absolute Gasteiger partial charge is 0.495 e. The van der Waals surface area contributed by atoms with Crippen LogP contribution in [0.15, 0.2) is 46.7 Å². The topological polar surface area (TPSA) is 104 Å². The van der Waals surface area contributed by atoms with Crippen molar-refractivity contribution in [3.8, 4) is 5.75 Å². The number of nitrogens with zero attached hydrogens (tertiary/aromatic N) is 4. The molecule has 2 aliphatic heterocycles. The highest BCUT2D eigenvalue weighted by Crippen LogP contribution is 2.35. The Hall–Kier alpha value is -3.46. The van der Waals surface area contributed by atoms with Gasteiger partial charge in [0.1, 0.15) is 12.3 Å². The fraction of sp³-hybridized carbons (Fsp3) is 0.286. The van der Waals surface area contributed by atoms with E-state index in [-0.39, 0.29) is 17.5 Å². The third-order valence-corrected chi connectivity index (χ3v) is 5.64. The lowest BCUT2D eigenvalue weighted by Gasteiger charge is -2.20. The Morgan fingerprint density at radius 1 is 1.13 bits per heavy atom. The highest BCUT2D eigenvalue weighted by Gasteiger charge is 2.55. The van der Waals surface area contributed by atoms with Gasteiger partial charge in [-0.2, -0.15) is 5.11 Å². The number of carbonyl (C=O) groups is 3. The van der Waals surface area contributed by atoms with E-state index in [1.54, 1.807) is 18.2 Å². The first-order valence-electron chi connectivity index (χ1n) is 9.56. The molecule has 2 atom stereocenters. The molecular formula is C21H20ClN5O4. The quantitative estimate of drug-likeness (QED) is 0.718. The van der Waals surface area contributed by atoms with E-state index in [9.17, 15) is 14.4 Å². The number of hydrogen-bond donors (Lipinski definition) is 1. The molecule has 1 saturated heterocycles. The minimum Gasteiger partial charge on any atom is -0.495 e. The summed E-state index contributed by atoms with van der Waals surface area (Å²) in [5.74, 6) is -0.972. The number of fused-ring (bicyclic) bond motifs is 1. The van der Waals surface area contributed by atoms with Gasteiger partial charge in [0.25, 0.3) is 11.8 Å². The second-order valence-corrected chi connectivity index (χ2v) is 7.78. The lowest BCUT2D eigenvalue weighted by molar-refractivity contribution is -0.123. The summed E-state index contributed by atoms with van der Waals surface area (Å²) in [5, 5.41) is 12.1. The first-order valence-corrected chi connectivity index (χ1v) is 9.94. The molecule has 9 nitrogen and oxygen atoms in total. The molecule has 31 heavy (non-hydrogen) atoms. The van der Waals surface area contributed by atoms with Crippen molar-refractivity contribution in [3.63, 3.8) is 0 Å². The number of anilines is 2. The predicted octanol–water partition coefficient (Wildman–Crippen LogP) is 2.90. The first-order chi connectivity index (χ1) is 14.8. The number of aryl methyl sites for hydroxylation is 2. The van der Waals surface area contributed by atoms with E-state index in [4.69, 9.17) is 16.3 Å². The summed E-state index contributed by atoms with van der Waals surface area (Å²) < 4.78 is 5.11. The van der Waals surface area contributed by atoms with E-state index in [0.717, 1.165) is 16.0 Å². The van der Waals surface area contributed by atoms with Gasteiger partial charge in [-0.3, -0.25) is 19.4 Å². The van der Waals surface area contributed by atoms with Gasteiger partial charge in [-0.1, -0.05) is 22.9 Å². The maximum Gasteiger partial charge on any atom is 0.263 e. The van der Waals surface area contributed by atoms with E-state index >= 15 is 0 Å². The Kier molecular flexibility index (Phi) is 5.36. The van der Waals surface area contributed by atoms with Crippen molar-refractivity contribution in [1.82, 2.24) is 5.01 Å². The van der Waals surface area contributed by atoms with Crippen molar-refractivity contribution >= 4 is 40.7 Å². The second kappa shape index (κ2) is 7.99. The zero-order valence-corrected chi connectivity index (χ0v) is 17.9. The predicted molar refractivity (Wildman–Crippen MR) is 114 cm³/mol. The molecule has 2 aliphatic rings. The molecule has 2 heterocycles. The van der Waals surface area contributed by atoms with Crippen LogP contribution in [-0.2, 0) is 14.4 Å². The van der Waals surface area contributed by atoms with E-state index in [2.05, 4.69) is 15.7 Å². The van der Waals surface area contributed by atoms with Gasteiger partial charge in [0, 0.05) is 5.69 Å². The molecule has 160 valence electrons. The average molecular weight is 442 g/mol. The van der Waals surface area contributed by atoms with Crippen molar-refractivity contribution in [1.29, 1.82) is 0 Å². The number of methoxy groups -OCH3 is 1. The summed E-state index contributed by atoms with van der Waals surface area (Å²) >= 11 is 6.14. The number of benzene rings is 2. The van der Waals surface area contributed by atoms with Crippen molar-refractivity contribution in [2.45, 2.75) is 25.9 Å². The number of halogens is 1. The number of rotatable bonds is 5. The van der Waals surface area contributed by atoms with Crippen LogP contribution in [0.1, 0.15) is 11.1 Å². The van der Waals surface area contributed by atoms with Crippen molar-refractivity contribution < 1.29 is 19.1 Å². The molecular weight excluding hydrogens is 422 g/mol. The molecule has 1 N–H and O–H groups in total. The molecule has 0 spiro atoms. The minimum absolute atomic E-state index is 0.214. The Bertz CT molecular complexity index is 1120. The molecule has 0 radical (unpaired) electrons. The lowest BCUT2D eigenvalue weighted by Crippen LogP contribution is -2.43. The van der Waals surface area contributed by atoms with Crippen molar-refractivity contribution in [2.75, 3.05) is 23.9 Å². The molecule has 10 heteroatoms. The summed E-state index contributed by atoms with van der Waals surface area (Å²) in [6.07, 6.45) is 0. The molecule has 2 aromatic carbocycles. The highest BCUT2D eigenvalue weighted by atomic mass is 35.5. The average Bonchev–Trinajstić information content (AvgIpc) is 3.24. The maximum absolute atomic E-state index is 13.0. The second-order valence-electron chi connectivity index (χ2n) is 7.37. The summed E-state index contributed by atoms with van der Waals surface area (Å²) in [7, 11) is 1.47. The fourth-order valence-corrected chi connectivity index (χ4v) is 3.82. The van der Waals surface area contributed by atoms with Crippen molar-refractivity contribution in [2.24, 2.45) is 10.3 Å². The van der Waals surface area contributed by atoms with E-state index in [0.29, 0.717) is 17.1 Å². The third-order valence-electron chi connectivity index (χ3n) is 5.35.